The Labute approximate surface area is 86.2 Å². The topological polar surface area (TPSA) is 64.3 Å². The van der Waals surface area contributed by atoms with E-state index in [9.17, 15) is 4.79 Å². The fourth-order valence-electron chi connectivity index (χ4n) is 0.752. The van der Waals surface area contributed by atoms with Crippen molar-refractivity contribution in [2.45, 2.75) is 52.3 Å². The van der Waals surface area contributed by atoms with Gasteiger partial charge in [-0.15, -0.1) is 0 Å². The van der Waals surface area contributed by atoms with Crippen LogP contribution in [0.5, 0.6) is 0 Å². The molecule has 0 heterocycles. The highest BCUT2D eigenvalue weighted by atomic mass is 16.5. The molecular weight excluding hydrogens is 180 g/mol. The van der Waals surface area contributed by atoms with Crippen LogP contribution in [0, 0.1) is 0 Å². The van der Waals surface area contributed by atoms with Gasteiger partial charge >= 0.3 is 0 Å². The lowest BCUT2D eigenvalue weighted by Crippen LogP contribution is -2.55. The standard InChI is InChI=1S/C10H22N2O2/c1-7(2)14-6-9(13)12-10(4,5)8(3)11/h7-8H,6,11H2,1-5H3,(H,12,13). The second kappa shape index (κ2) is 5.32. The average Bonchev–Trinajstić information content (AvgIpc) is 1.99. The van der Waals surface area contributed by atoms with E-state index in [0.29, 0.717) is 0 Å². The maximum absolute atomic E-state index is 11.4. The summed E-state index contributed by atoms with van der Waals surface area (Å²) in [6.45, 7) is 9.53. The van der Waals surface area contributed by atoms with Crippen LogP contribution in [0.25, 0.3) is 0 Å². The second-order valence-corrected chi connectivity index (χ2v) is 4.42. The van der Waals surface area contributed by atoms with E-state index in [0.717, 1.165) is 0 Å². The monoisotopic (exact) mass is 202 g/mol. The van der Waals surface area contributed by atoms with Crippen molar-refractivity contribution in [3.05, 3.63) is 0 Å². The van der Waals surface area contributed by atoms with Crippen LogP contribution in [-0.2, 0) is 9.53 Å². The average molecular weight is 202 g/mol. The first kappa shape index (κ1) is 13.4. The molecule has 0 aromatic rings. The molecule has 0 rings (SSSR count). The van der Waals surface area contributed by atoms with E-state index in [1.54, 1.807) is 0 Å². The number of nitrogens with one attached hydrogen (secondary N) is 1. The molecule has 0 fully saturated rings. The number of ether oxygens (including phenoxy) is 1. The van der Waals surface area contributed by atoms with Gasteiger partial charge < -0.3 is 15.8 Å². The van der Waals surface area contributed by atoms with Gasteiger partial charge in [-0.05, 0) is 34.6 Å². The smallest absolute Gasteiger partial charge is 0.246 e. The summed E-state index contributed by atoms with van der Waals surface area (Å²) in [6.07, 6.45) is 0.0687. The number of carbonyl (C=O) groups excluding carboxylic acids is 1. The molecule has 84 valence electrons. The van der Waals surface area contributed by atoms with Crippen molar-refractivity contribution in [2.75, 3.05) is 6.61 Å². The van der Waals surface area contributed by atoms with Crippen LogP contribution in [0.2, 0.25) is 0 Å². The molecule has 14 heavy (non-hydrogen) atoms. The van der Waals surface area contributed by atoms with Crippen molar-refractivity contribution >= 4 is 5.91 Å². The Balaban J connectivity index is 3.94. The zero-order chi connectivity index (χ0) is 11.4. The Bertz CT molecular complexity index is 189. The van der Waals surface area contributed by atoms with Crippen molar-refractivity contribution in [1.29, 1.82) is 0 Å². The molecular formula is C10H22N2O2. The summed E-state index contributed by atoms with van der Waals surface area (Å²) >= 11 is 0. The Morgan fingerprint density at radius 2 is 1.93 bits per heavy atom. The van der Waals surface area contributed by atoms with E-state index < -0.39 is 5.54 Å². The van der Waals surface area contributed by atoms with E-state index in [1.165, 1.54) is 0 Å². The highest BCUT2D eigenvalue weighted by Gasteiger charge is 2.24. The SMILES string of the molecule is CC(C)OCC(=O)NC(C)(C)C(C)N. The molecule has 0 radical (unpaired) electrons. The van der Waals surface area contributed by atoms with E-state index in [2.05, 4.69) is 5.32 Å². The number of rotatable bonds is 5. The highest BCUT2D eigenvalue weighted by molar-refractivity contribution is 5.78. The van der Waals surface area contributed by atoms with Gasteiger partial charge in [0.05, 0.1) is 6.10 Å². The van der Waals surface area contributed by atoms with E-state index in [-0.39, 0.29) is 24.7 Å². The second-order valence-electron chi connectivity index (χ2n) is 4.42. The van der Waals surface area contributed by atoms with Crippen LogP contribution in [0.1, 0.15) is 34.6 Å². The lowest BCUT2D eigenvalue weighted by molar-refractivity contribution is -0.128. The van der Waals surface area contributed by atoms with Gasteiger partial charge in [-0.2, -0.15) is 0 Å². The van der Waals surface area contributed by atoms with Crippen LogP contribution < -0.4 is 11.1 Å². The summed E-state index contributed by atoms with van der Waals surface area (Å²) in [4.78, 5) is 11.4. The summed E-state index contributed by atoms with van der Waals surface area (Å²) in [6, 6.07) is -0.0921. The lowest BCUT2D eigenvalue weighted by Gasteiger charge is -2.30. The van der Waals surface area contributed by atoms with Crippen LogP contribution in [-0.4, -0.2) is 30.2 Å². The summed E-state index contributed by atoms with van der Waals surface area (Å²) in [5.74, 6) is -0.124. The first-order chi connectivity index (χ1) is 6.25. The molecule has 4 heteroatoms. The molecule has 0 aliphatic heterocycles. The van der Waals surface area contributed by atoms with Gasteiger partial charge in [0.2, 0.25) is 5.91 Å². The van der Waals surface area contributed by atoms with Gasteiger partial charge in [0.25, 0.3) is 0 Å². The third-order valence-corrected chi connectivity index (χ3v) is 2.15. The zero-order valence-electron chi connectivity index (χ0n) is 9.76. The molecule has 1 atom stereocenters. The molecule has 3 N–H and O–H groups in total. The maximum Gasteiger partial charge on any atom is 0.246 e. The Morgan fingerprint density at radius 1 is 1.43 bits per heavy atom. The van der Waals surface area contributed by atoms with Crippen LogP contribution in [0.15, 0.2) is 0 Å². The molecule has 0 aliphatic rings. The Kier molecular flexibility index (Phi) is 5.08. The quantitative estimate of drug-likeness (QED) is 0.688. The zero-order valence-corrected chi connectivity index (χ0v) is 9.76. The summed E-state index contributed by atoms with van der Waals surface area (Å²) in [5.41, 5.74) is 5.33. The Morgan fingerprint density at radius 3 is 2.29 bits per heavy atom. The van der Waals surface area contributed by atoms with Gasteiger partial charge in [0.1, 0.15) is 6.61 Å². The van der Waals surface area contributed by atoms with Crippen LogP contribution in [0.3, 0.4) is 0 Å². The number of hydrogen-bond acceptors (Lipinski definition) is 3. The number of nitrogens with two attached hydrogens (primary N) is 1. The predicted molar refractivity (Wildman–Crippen MR) is 57.0 cm³/mol. The van der Waals surface area contributed by atoms with E-state index in [4.69, 9.17) is 10.5 Å². The van der Waals surface area contributed by atoms with Crippen molar-refractivity contribution < 1.29 is 9.53 Å². The molecule has 1 amide bonds. The molecule has 0 saturated heterocycles. The fraction of sp³-hybridized carbons (Fsp3) is 0.900. The largest absolute Gasteiger partial charge is 0.369 e. The number of amides is 1. The summed E-state index contributed by atoms with van der Waals surface area (Å²) < 4.78 is 5.18. The normalized spacial score (nSPS) is 14.2. The van der Waals surface area contributed by atoms with Crippen molar-refractivity contribution in [3.63, 3.8) is 0 Å². The van der Waals surface area contributed by atoms with Gasteiger partial charge in [-0.3, -0.25) is 4.79 Å². The van der Waals surface area contributed by atoms with Crippen LogP contribution in [0.4, 0.5) is 0 Å². The van der Waals surface area contributed by atoms with Crippen LogP contribution >= 0.6 is 0 Å². The third-order valence-electron chi connectivity index (χ3n) is 2.15. The minimum Gasteiger partial charge on any atom is -0.369 e. The number of carbonyl (C=O) groups is 1. The predicted octanol–water partition coefficient (Wildman–Crippen LogP) is 0.653. The first-order valence-corrected chi connectivity index (χ1v) is 4.94. The van der Waals surface area contributed by atoms with Gasteiger partial charge in [-0.25, -0.2) is 0 Å². The van der Waals surface area contributed by atoms with E-state index in [1.807, 2.05) is 34.6 Å². The van der Waals surface area contributed by atoms with Crippen molar-refractivity contribution in [2.24, 2.45) is 5.73 Å². The molecule has 0 saturated carbocycles. The minimum absolute atomic E-state index is 0.0687. The molecule has 0 aromatic heterocycles. The lowest BCUT2D eigenvalue weighted by atomic mass is 9.97. The molecule has 0 aliphatic carbocycles. The summed E-state index contributed by atoms with van der Waals surface area (Å²) in [7, 11) is 0. The minimum atomic E-state index is -0.391. The highest BCUT2D eigenvalue weighted by Crippen LogP contribution is 2.05. The molecule has 4 nitrogen and oxygen atoms in total. The van der Waals surface area contributed by atoms with Crippen molar-refractivity contribution in [3.8, 4) is 0 Å². The molecule has 0 aromatic carbocycles. The van der Waals surface area contributed by atoms with Gasteiger partial charge in [-0.1, -0.05) is 0 Å². The maximum atomic E-state index is 11.4. The van der Waals surface area contributed by atoms with Gasteiger partial charge in [0.15, 0.2) is 0 Å². The molecule has 0 bridgehead atoms. The Hall–Kier alpha value is -0.610. The number of hydrogen-bond donors (Lipinski definition) is 2. The summed E-state index contributed by atoms with van der Waals surface area (Å²) in [5, 5.41) is 2.82. The van der Waals surface area contributed by atoms with Gasteiger partial charge in [0, 0.05) is 11.6 Å². The molecule has 1 unspecified atom stereocenters. The molecule has 0 spiro atoms. The van der Waals surface area contributed by atoms with E-state index >= 15 is 0 Å². The first-order valence-electron chi connectivity index (χ1n) is 4.94. The fourth-order valence-corrected chi connectivity index (χ4v) is 0.752. The third kappa shape index (κ3) is 5.19. The van der Waals surface area contributed by atoms with Crippen molar-refractivity contribution in [1.82, 2.24) is 5.32 Å².